The highest BCUT2D eigenvalue weighted by molar-refractivity contribution is 5.29. The Kier molecular flexibility index (Phi) is 7.49. The normalized spacial score (nSPS) is 29.3. The Morgan fingerprint density at radius 3 is 2.30 bits per heavy atom. The summed E-state index contributed by atoms with van der Waals surface area (Å²) in [6.07, 6.45) is 16.5. The summed E-state index contributed by atoms with van der Waals surface area (Å²) in [6.45, 7) is 4.56. The number of hydrogen-bond acceptors (Lipinski definition) is 0. The third kappa shape index (κ3) is 5.42. The smallest absolute Gasteiger partial charge is 0.162 e. The number of aryl methyl sites for hydroxylation is 1. The van der Waals surface area contributed by atoms with Gasteiger partial charge in [0.1, 0.15) is 0 Å². The molecule has 0 heterocycles. The van der Waals surface area contributed by atoms with Crippen molar-refractivity contribution in [3.8, 4) is 0 Å². The predicted octanol–water partition coefficient (Wildman–Crippen LogP) is 7.96. The monoisotopic (exact) mass is 374 g/mol. The molecule has 0 nitrogen and oxygen atoms in total. The van der Waals surface area contributed by atoms with Crippen LogP contribution in [0, 0.1) is 29.4 Å². The molecule has 0 bridgehead atoms. The number of benzene rings is 1. The van der Waals surface area contributed by atoms with E-state index in [0.717, 1.165) is 43.9 Å². The minimum atomic E-state index is -0.606. The Morgan fingerprint density at radius 1 is 0.926 bits per heavy atom. The summed E-state index contributed by atoms with van der Waals surface area (Å²) < 4.78 is 29.3. The van der Waals surface area contributed by atoms with Crippen LogP contribution in [-0.2, 0) is 6.42 Å². The van der Waals surface area contributed by atoms with Crippen molar-refractivity contribution < 1.29 is 8.78 Å². The summed E-state index contributed by atoms with van der Waals surface area (Å²) in [5, 5.41) is 0. The molecule has 27 heavy (non-hydrogen) atoms. The highest BCUT2D eigenvalue weighted by Crippen LogP contribution is 2.38. The summed E-state index contributed by atoms with van der Waals surface area (Å²) >= 11 is 0. The standard InChI is InChI=1S/C25H36F2/c1-3-19-12-14-21(15-13-19)23-17-16-22(24(26)25(23)27)7-5-4-6-20-10-8-18(2)9-11-20/h4,6,16-21H,3,5,7-15H2,1-2H3/b6-4+. The van der Waals surface area contributed by atoms with Gasteiger partial charge in [0.15, 0.2) is 11.6 Å². The summed E-state index contributed by atoms with van der Waals surface area (Å²) in [5.74, 6) is 1.32. The summed E-state index contributed by atoms with van der Waals surface area (Å²) in [4.78, 5) is 0. The average Bonchev–Trinajstić information content (AvgIpc) is 2.70. The lowest BCUT2D eigenvalue weighted by Crippen LogP contribution is -2.14. The van der Waals surface area contributed by atoms with Crippen LogP contribution in [0.15, 0.2) is 24.3 Å². The quantitative estimate of drug-likeness (QED) is 0.443. The number of allylic oxidation sites excluding steroid dienone is 2. The second-order valence-electron chi connectivity index (χ2n) is 9.05. The van der Waals surface area contributed by atoms with E-state index >= 15 is 0 Å². The predicted molar refractivity (Wildman–Crippen MR) is 110 cm³/mol. The van der Waals surface area contributed by atoms with Crippen molar-refractivity contribution in [2.75, 3.05) is 0 Å². The Bertz CT molecular complexity index is 617. The van der Waals surface area contributed by atoms with Crippen molar-refractivity contribution in [1.82, 2.24) is 0 Å². The molecule has 0 N–H and O–H groups in total. The molecule has 2 aliphatic rings. The van der Waals surface area contributed by atoms with E-state index in [9.17, 15) is 8.78 Å². The van der Waals surface area contributed by atoms with Crippen molar-refractivity contribution in [1.29, 1.82) is 0 Å². The van der Waals surface area contributed by atoms with Crippen molar-refractivity contribution >= 4 is 0 Å². The van der Waals surface area contributed by atoms with Crippen LogP contribution in [0.4, 0.5) is 8.78 Å². The molecule has 0 spiro atoms. The minimum absolute atomic E-state index is 0.199. The molecule has 0 aliphatic heterocycles. The molecule has 3 rings (SSSR count). The van der Waals surface area contributed by atoms with Gasteiger partial charge in [-0.2, -0.15) is 0 Å². The fourth-order valence-electron chi connectivity index (χ4n) is 5.00. The SMILES string of the molecule is CCC1CCC(c2ccc(CC/C=C/C3CCC(C)CC3)c(F)c2F)CC1. The van der Waals surface area contributed by atoms with Gasteiger partial charge in [-0.25, -0.2) is 8.78 Å². The second kappa shape index (κ2) is 9.85. The third-order valence-corrected chi connectivity index (χ3v) is 7.11. The zero-order chi connectivity index (χ0) is 19.2. The molecule has 0 amide bonds. The Labute approximate surface area is 164 Å². The van der Waals surface area contributed by atoms with Crippen LogP contribution in [0.3, 0.4) is 0 Å². The van der Waals surface area contributed by atoms with E-state index in [-0.39, 0.29) is 5.92 Å². The molecule has 2 heteroatoms. The van der Waals surface area contributed by atoms with Crippen molar-refractivity contribution in [2.45, 2.75) is 90.4 Å². The van der Waals surface area contributed by atoms with Crippen LogP contribution in [0.25, 0.3) is 0 Å². The molecule has 150 valence electrons. The third-order valence-electron chi connectivity index (χ3n) is 7.11. The Balaban J connectivity index is 1.54. The molecule has 2 saturated carbocycles. The van der Waals surface area contributed by atoms with Crippen LogP contribution >= 0.6 is 0 Å². The highest BCUT2D eigenvalue weighted by Gasteiger charge is 2.25. The molecule has 0 atom stereocenters. The first kappa shape index (κ1) is 20.6. The molecule has 1 aromatic carbocycles. The lowest BCUT2D eigenvalue weighted by Gasteiger charge is -2.28. The highest BCUT2D eigenvalue weighted by atomic mass is 19.2. The summed E-state index contributed by atoms with van der Waals surface area (Å²) in [5.41, 5.74) is 1.14. The lowest BCUT2D eigenvalue weighted by atomic mass is 9.77. The molecule has 0 radical (unpaired) electrons. The van der Waals surface area contributed by atoms with Gasteiger partial charge in [0.25, 0.3) is 0 Å². The van der Waals surface area contributed by atoms with Gasteiger partial charge < -0.3 is 0 Å². The first-order valence-corrected chi connectivity index (χ1v) is 11.2. The van der Waals surface area contributed by atoms with Gasteiger partial charge in [0.05, 0.1) is 0 Å². The van der Waals surface area contributed by atoms with Gasteiger partial charge in [-0.15, -0.1) is 0 Å². The first-order chi connectivity index (χ1) is 13.1. The van der Waals surface area contributed by atoms with Crippen LogP contribution < -0.4 is 0 Å². The van der Waals surface area contributed by atoms with E-state index in [4.69, 9.17) is 0 Å². The van der Waals surface area contributed by atoms with E-state index < -0.39 is 11.6 Å². The number of hydrogen-bond donors (Lipinski definition) is 0. The molecule has 1 aromatic rings. The van der Waals surface area contributed by atoms with Gasteiger partial charge in [0, 0.05) is 0 Å². The van der Waals surface area contributed by atoms with Gasteiger partial charge in [-0.3, -0.25) is 0 Å². The zero-order valence-corrected chi connectivity index (χ0v) is 17.2. The number of rotatable bonds is 6. The van der Waals surface area contributed by atoms with Crippen LogP contribution in [-0.4, -0.2) is 0 Å². The first-order valence-electron chi connectivity index (χ1n) is 11.2. The zero-order valence-electron chi connectivity index (χ0n) is 17.2. The van der Waals surface area contributed by atoms with Gasteiger partial charge in [0.2, 0.25) is 0 Å². The average molecular weight is 375 g/mol. The van der Waals surface area contributed by atoms with Crippen LogP contribution in [0.2, 0.25) is 0 Å². The molecular weight excluding hydrogens is 338 g/mol. The van der Waals surface area contributed by atoms with Gasteiger partial charge in [-0.1, -0.05) is 57.4 Å². The maximum atomic E-state index is 14.7. The van der Waals surface area contributed by atoms with Crippen molar-refractivity contribution in [3.05, 3.63) is 47.0 Å². The Hall–Kier alpha value is -1.18. The fraction of sp³-hybridized carbons (Fsp3) is 0.680. The van der Waals surface area contributed by atoms with E-state index in [2.05, 4.69) is 26.0 Å². The Morgan fingerprint density at radius 2 is 1.63 bits per heavy atom. The van der Waals surface area contributed by atoms with Gasteiger partial charge >= 0.3 is 0 Å². The van der Waals surface area contributed by atoms with E-state index in [0.29, 0.717) is 23.5 Å². The second-order valence-corrected chi connectivity index (χ2v) is 9.05. The molecule has 2 fully saturated rings. The summed E-state index contributed by atoms with van der Waals surface area (Å²) in [6, 6.07) is 3.69. The molecule has 2 aliphatic carbocycles. The van der Waals surface area contributed by atoms with Crippen LogP contribution in [0.1, 0.15) is 95.1 Å². The molecular formula is C25H36F2. The van der Waals surface area contributed by atoms with Gasteiger partial charge in [-0.05, 0) is 86.2 Å². The van der Waals surface area contributed by atoms with Crippen molar-refractivity contribution in [2.24, 2.45) is 17.8 Å². The van der Waals surface area contributed by atoms with Crippen molar-refractivity contribution in [3.63, 3.8) is 0 Å². The van der Waals surface area contributed by atoms with E-state index in [1.54, 1.807) is 0 Å². The maximum Gasteiger partial charge on any atom is 0.162 e. The van der Waals surface area contributed by atoms with E-state index in [1.165, 1.54) is 32.1 Å². The minimum Gasteiger partial charge on any atom is -0.203 e. The number of halogens is 2. The van der Waals surface area contributed by atoms with E-state index in [1.807, 2.05) is 12.1 Å². The molecule has 0 aromatic heterocycles. The topological polar surface area (TPSA) is 0 Å². The largest absolute Gasteiger partial charge is 0.203 e. The maximum absolute atomic E-state index is 14.7. The fourth-order valence-corrected chi connectivity index (χ4v) is 5.00. The van der Waals surface area contributed by atoms with Crippen LogP contribution in [0.5, 0.6) is 0 Å². The summed E-state index contributed by atoms with van der Waals surface area (Å²) in [7, 11) is 0. The molecule has 0 saturated heterocycles. The lowest BCUT2D eigenvalue weighted by molar-refractivity contribution is 0.312. The molecule has 0 unspecified atom stereocenters.